The van der Waals surface area contributed by atoms with Gasteiger partial charge in [0.05, 0.1) is 0 Å². The highest BCUT2D eigenvalue weighted by Gasteiger charge is 2.45. The van der Waals surface area contributed by atoms with Gasteiger partial charge in [0.25, 0.3) is 0 Å². The summed E-state index contributed by atoms with van der Waals surface area (Å²) in [5, 5.41) is 2.64. The lowest BCUT2D eigenvalue weighted by Crippen LogP contribution is -2.68. The predicted molar refractivity (Wildman–Crippen MR) is 75.7 cm³/mol. The molecule has 0 aromatic carbocycles. The molecule has 8 heteroatoms. The van der Waals surface area contributed by atoms with E-state index in [9.17, 15) is 22.8 Å². The zero-order valence-electron chi connectivity index (χ0n) is 12.6. The van der Waals surface area contributed by atoms with Crippen molar-refractivity contribution in [1.82, 2.24) is 10.2 Å². The van der Waals surface area contributed by atoms with E-state index in [4.69, 9.17) is 0 Å². The Morgan fingerprint density at radius 1 is 1.33 bits per heavy atom. The lowest BCUT2D eigenvalue weighted by Gasteiger charge is -2.43. The summed E-state index contributed by atoms with van der Waals surface area (Å²) >= 11 is -0.174. The van der Waals surface area contributed by atoms with Crippen LogP contribution in [0.25, 0.3) is 0 Å². The van der Waals surface area contributed by atoms with Gasteiger partial charge in [0.1, 0.15) is 11.6 Å². The molecule has 0 radical (unpaired) electrons. The molecule has 2 amide bonds. The smallest absolute Gasteiger partial charge is 0.340 e. The van der Waals surface area contributed by atoms with E-state index in [2.05, 4.69) is 5.32 Å². The number of nitrogens with zero attached hydrogens (tertiary/aromatic N) is 1. The first-order valence-corrected chi connectivity index (χ1v) is 7.76. The number of rotatable bonds is 5. The molecular formula is C13H21F3N2O2S. The van der Waals surface area contributed by atoms with Gasteiger partial charge in [-0.05, 0) is 37.9 Å². The number of hydrogen-bond acceptors (Lipinski definition) is 3. The highest BCUT2D eigenvalue weighted by molar-refractivity contribution is 8.00. The summed E-state index contributed by atoms with van der Waals surface area (Å²) in [4.78, 5) is 25.8. The van der Waals surface area contributed by atoms with Crippen molar-refractivity contribution >= 4 is 23.6 Å². The lowest BCUT2D eigenvalue weighted by molar-refractivity contribution is -0.153. The van der Waals surface area contributed by atoms with Gasteiger partial charge >= 0.3 is 5.51 Å². The van der Waals surface area contributed by atoms with E-state index in [1.165, 1.54) is 4.90 Å². The molecule has 1 heterocycles. The van der Waals surface area contributed by atoms with Crippen LogP contribution in [0, 0.1) is 5.92 Å². The van der Waals surface area contributed by atoms with E-state index in [1.807, 2.05) is 13.8 Å². The quantitative estimate of drug-likeness (QED) is 0.844. The number of piperazine rings is 1. The van der Waals surface area contributed by atoms with E-state index in [0.717, 1.165) is 0 Å². The largest absolute Gasteiger partial charge is 0.441 e. The number of thioether (sulfide) groups is 1. The Morgan fingerprint density at radius 2 is 1.90 bits per heavy atom. The van der Waals surface area contributed by atoms with Gasteiger partial charge in [-0.1, -0.05) is 13.8 Å². The fourth-order valence-corrected chi connectivity index (χ4v) is 2.80. The Balaban J connectivity index is 2.84. The molecule has 1 N–H and O–H groups in total. The number of hydrogen-bond donors (Lipinski definition) is 1. The summed E-state index contributed by atoms with van der Waals surface area (Å²) in [6, 6.07) is -0.695. The molecule has 0 spiro atoms. The summed E-state index contributed by atoms with van der Waals surface area (Å²) in [6.45, 7) is 6.84. The molecule has 1 aliphatic heterocycles. The molecule has 1 atom stereocenters. The maximum absolute atomic E-state index is 12.4. The molecule has 0 aliphatic carbocycles. The van der Waals surface area contributed by atoms with E-state index in [0.29, 0.717) is 6.42 Å². The molecule has 1 fully saturated rings. The van der Waals surface area contributed by atoms with Gasteiger partial charge in [0.15, 0.2) is 0 Å². The Kier molecular flexibility index (Phi) is 5.57. The molecule has 1 saturated heterocycles. The molecule has 1 rings (SSSR count). The zero-order chi connectivity index (χ0) is 16.4. The Labute approximate surface area is 126 Å². The fourth-order valence-electron chi connectivity index (χ4n) is 2.28. The highest BCUT2D eigenvalue weighted by Crippen LogP contribution is 2.31. The van der Waals surface area contributed by atoms with E-state index in [-0.39, 0.29) is 41.8 Å². The van der Waals surface area contributed by atoms with Crippen molar-refractivity contribution in [2.45, 2.75) is 51.2 Å². The van der Waals surface area contributed by atoms with Gasteiger partial charge in [-0.3, -0.25) is 9.59 Å². The number of amides is 2. The van der Waals surface area contributed by atoms with E-state index in [1.54, 1.807) is 13.8 Å². The van der Waals surface area contributed by atoms with Crippen LogP contribution in [-0.4, -0.2) is 46.1 Å². The second-order valence-electron chi connectivity index (χ2n) is 6.05. The van der Waals surface area contributed by atoms with Crippen LogP contribution in [0.2, 0.25) is 0 Å². The maximum atomic E-state index is 12.4. The van der Waals surface area contributed by atoms with Gasteiger partial charge in [0.2, 0.25) is 11.8 Å². The normalized spacial score (nSPS) is 22.7. The van der Waals surface area contributed by atoms with Crippen molar-refractivity contribution in [3.63, 3.8) is 0 Å². The summed E-state index contributed by atoms with van der Waals surface area (Å²) in [5.74, 6) is -0.749. The van der Waals surface area contributed by atoms with Crippen molar-refractivity contribution in [3.05, 3.63) is 0 Å². The van der Waals surface area contributed by atoms with Crippen molar-refractivity contribution < 1.29 is 22.8 Å². The van der Waals surface area contributed by atoms with Crippen molar-refractivity contribution in [1.29, 1.82) is 0 Å². The third kappa shape index (κ3) is 5.09. The molecule has 0 aromatic heterocycles. The number of carbonyl (C=O) groups excluding carboxylic acids is 2. The average Bonchev–Trinajstić information content (AvgIpc) is 2.27. The third-order valence-electron chi connectivity index (χ3n) is 3.20. The molecule has 21 heavy (non-hydrogen) atoms. The van der Waals surface area contributed by atoms with Crippen LogP contribution in [0.1, 0.15) is 34.1 Å². The van der Waals surface area contributed by atoms with Crippen molar-refractivity contribution in [2.24, 2.45) is 5.92 Å². The lowest BCUT2D eigenvalue weighted by atomic mass is 9.92. The predicted octanol–water partition coefficient (Wildman–Crippen LogP) is 2.39. The second-order valence-corrected chi connectivity index (χ2v) is 7.21. The summed E-state index contributed by atoms with van der Waals surface area (Å²) in [5.41, 5.74) is -5.41. The summed E-state index contributed by atoms with van der Waals surface area (Å²) < 4.78 is 36.7. The minimum absolute atomic E-state index is 0.0861. The Bertz CT molecular complexity index is 411. The molecule has 1 unspecified atom stereocenters. The van der Waals surface area contributed by atoms with Gasteiger partial charge in [-0.25, -0.2) is 0 Å². The topological polar surface area (TPSA) is 49.4 Å². The zero-order valence-corrected chi connectivity index (χ0v) is 13.4. The maximum Gasteiger partial charge on any atom is 0.441 e. The molecule has 0 bridgehead atoms. The van der Waals surface area contributed by atoms with E-state index < -0.39 is 17.1 Å². The fraction of sp³-hybridized carbons (Fsp3) is 0.846. The Hall–Kier alpha value is -0.920. The summed E-state index contributed by atoms with van der Waals surface area (Å²) in [7, 11) is 0. The standard InChI is InChI=1S/C13H21F3N2O2S/c1-8(2)7-9-10(19)17-12(3,4)11(20)18(9)5-6-21-13(14,15)16/h8-9H,5-7H2,1-4H3,(H,17,19). The molecule has 0 saturated carbocycles. The van der Waals surface area contributed by atoms with Crippen LogP contribution >= 0.6 is 11.8 Å². The minimum atomic E-state index is -4.33. The first-order chi connectivity index (χ1) is 9.44. The third-order valence-corrected chi connectivity index (χ3v) is 3.92. The number of carbonyl (C=O) groups is 2. The van der Waals surface area contributed by atoms with Gasteiger partial charge in [0, 0.05) is 12.3 Å². The van der Waals surface area contributed by atoms with Crippen LogP contribution in [-0.2, 0) is 9.59 Å². The molecular weight excluding hydrogens is 305 g/mol. The highest BCUT2D eigenvalue weighted by atomic mass is 32.2. The van der Waals surface area contributed by atoms with Gasteiger partial charge < -0.3 is 10.2 Å². The van der Waals surface area contributed by atoms with Crippen LogP contribution in [0.15, 0.2) is 0 Å². The first kappa shape index (κ1) is 18.1. The molecule has 122 valence electrons. The number of nitrogens with one attached hydrogen (secondary N) is 1. The van der Waals surface area contributed by atoms with Gasteiger partial charge in [-0.15, -0.1) is 0 Å². The second kappa shape index (κ2) is 6.46. The number of alkyl halides is 3. The average molecular weight is 326 g/mol. The monoisotopic (exact) mass is 326 g/mol. The van der Waals surface area contributed by atoms with Crippen LogP contribution in [0.3, 0.4) is 0 Å². The Morgan fingerprint density at radius 3 is 2.38 bits per heavy atom. The van der Waals surface area contributed by atoms with Crippen molar-refractivity contribution in [3.8, 4) is 0 Å². The van der Waals surface area contributed by atoms with Crippen LogP contribution in [0.5, 0.6) is 0 Å². The molecule has 4 nitrogen and oxygen atoms in total. The SMILES string of the molecule is CC(C)CC1C(=O)NC(C)(C)C(=O)N1CCSC(F)(F)F. The van der Waals surface area contributed by atoms with Crippen LogP contribution in [0.4, 0.5) is 13.2 Å². The first-order valence-electron chi connectivity index (χ1n) is 6.78. The van der Waals surface area contributed by atoms with Crippen LogP contribution < -0.4 is 5.32 Å². The summed E-state index contributed by atoms with van der Waals surface area (Å²) in [6.07, 6.45) is 0.435. The minimum Gasteiger partial charge on any atom is -0.340 e. The van der Waals surface area contributed by atoms with Crippen molar-refractivity contribution in [2.75, 3.05) is 12.3 Å². The number of halogens is 3. The van der Waals surface area contributed by atoms with Gasteiger partial charge in [-0.2, -0.15) is 13.2 Å². The molecule has 1 aliphatic rings. The molecule has 0 aromatic rings. The van der Waals surface area contributed by atoms with E-state index >= 15 is 0 Å².